The van der Waals surface area contributed by atoms with Crippen molar-refractivity contribution in [2.45, 2.75) is 13.0 Å². The van der Waals surface area contributed by atoms with Crippen LogP contribution in [0.4, 0.5) is 0 Å². The summed E-state index contributed by atoms with van der Waals surface area (Å²) in [6, 6.07) is 9.15. The van der Waals surface area contributed by atoms with Crippen molar-refractivity contribution in [1.29, 1.82) is 0 Å². The van der Waals surface area contributed by atoms with Gasteiger partial charge < -0.3 is 15.4 Å². The highest BCUT2D eigenvalue weighted by Crippen LogP contribution is 2.17. The maximum atomic E-state index is 9.41. The maximum absolute atomic E-state index is 9.41. The summed E-state index contributed by atoms with van der Waals surface area (Å²) in [6.07, 6.45) is 4.41. The Morgan fingerprint density at radius 2 is 2.00 bits per heavy atom. The fourth-order valence-corrected chi connectivity index (χ4v) is 2.11. The zero-order valence-electron chi connectivity index (χ0n) is 11.0. The minimum absolute atomic E-state index is 0.253. The highest BCUT2D eigenvalue weighted by atomic mass is 16.3. The molecule has 0 saturated carbocycles. The van der Waals surface area contributed by atoms with E-state index in [-0.39, 0.29) is 5.75 Å². The van der Waals surface area contributed by atoms with E-state index in [0.717, 1.165) is 36.4 Å². The minimum atomic E-state index is 0.253. The number of benzene rings is 1. The van der Waals surface area contributed by atoms with Crippen LogP contribution in [-0.2, 0) is 13.0 Å². The lowest BCUT2D eigenvalue weighted by Gasteiger charge is -2.02. The van der Waals surface area contributed by atoms with Gasteiger partial charge in [0.1, 0.15) is 11.6 Å². The van der Waals surface area contributed by atoms with Gasteiger partial charge in [0.2, 0.25) is 0 Å². The topological polar surface area (TPSA) is 73.8 Å². The first-order valence-corrected chi connectivity index (χ1v) is 6.58. The molecule has 0 aliphatic heterocycles. The molecule has 0 bridgehead atoms. The lowest BCUT2D eigenvalue weighted by Crippen LogP contribution is -2.17. The summed E-state index contributed by atoms with van der Waals surface area (Å²) < 4.78 is 0. The van der Waals surface area contributed by atoms with E-state index in [9.17, 15) is 5.11 Å². The third-order valence-electron chi connectivity index (χ3n) is 3.13. The van der Waals surface area contributed by atoms with Crippen LogP contribution in [0.15, 0.2) is 42.7 Å². The van der Waals surface area contributed by atoms with Crippen LogP contribution in [0.25, 0.3) is 11.0 Å². The van der Waals surface area contributed by atoms with E-state index in [1.54, 1.807) is 24.5 Å². The second-order valence-electron chi connectivity index (χ2n) is 4.67. The van der Waals surface area contributed by atoms with Crippen LogP contribution in [0.1, 0.15) is 11.4 Å². The number of imidazole rings is 1. The molecule has 3 rings (SSSR count). The predicted molar refractivity (Wildman–Crippen MR) is 77.4 cm³/mol. The molecular weight excluding hydrogens is 252 g/mol. The standard InChI is InChI=1S/C15H16N4O/c20-12-1-2-13-14(9-12)19-15(18-13)5-8-17-10-11-3-6-16-7-4-11/h1-4,6-7,9,17,20H,5,8,10H2,(H,18,19). The molecule has 2 aromatic heterocycles. The minimum Gasteiger partial charge on any atom is -0.508 e. The molecule has 0 fully saturated rings. The number of nitrogens with one attached hydrogen (secondary N) is 2. The molecule has 0 amide bonds. The number of rotatable bonds is 5. The number of hydrogen-bond donors (Lipinski definition) is 3. The summed E-state index contributed by atoms with van der Waals surface area (Å²) in [5.74, 6) is 1.18. The van der Waals surface area contributed by atoms with Gasteiger partial charge in [0.05, 0.1) is 11.0 Å². The van der Waals surface area contributed by atoms with Crippen LogP contribution in [0, 0.1) is 0 Å². The SMILES string of the molecule is Oc1ccc2nc(CCNCc3ccncc3)[nH]c2c1. The number of phenols is 1. The van der Waals surface area contributed by atoms with Crippen LogP contribution in [0.3, 0.4) is 0 Å². The summed E-state index contributed by atoms with van der Waals surface area (Å²) in [7, 11) is 0. The van der Waals surface area contributed by atoms with Crippen molar-refractivity contribution in [3.63, 3.8) is 0 Å². The van der Waals surface area contributed by atoms with E-state index in [1.165, 1.54) is 5.56 Å². The molecule has 1 aromatic carbocycles. The predicted octanol–water partition coefficient (Wildman–Crippen LogP) is 2.00. The first-order chi connectivity index (χ1) is 9.81. The van der Waals surface area contributed by atoms with E-state index in [0.29, 0.717) is 0 Å². The van der Waals surface area contributed by atoms with Crippen molar-refractivity contribution in [2.75, 3.05) is 6.54 Å². The van der Waals surface area contributed by atoms with Crippen molar-refractivity contribution in [3.05, 3.63) is 54.1 Å². The quantitative estimate of drug-likeness (QED) is 0.619. The number of phenolic OH excluding ortho intramolecular Hbond substituents is 1. The fourth-order valence-electron chi connectivity index (χ4n) is 2.11. The van der Waals surface area contributed by atoms with Gasteiger partial charge in [-0.2, -0.15) is 0 Å². The van der Waals surface area contributed by atoms with Gasteiger partial charge in [-0.3, -0.25) is 4.98 Å². The van der Waals surface area contributed by atoms with Crippen LogP contribution < -0.4 is 5.32 Å². The van der Waals surface area contributed by atoms with Crippen molar-refractivity contribution >= 4 is 11.0 Å². The molecule has 2 heterocycles. The molecule has 5 nitrogen and oxygen atoms in total. The van der Waals surface area contributed by atoms with Crippen LogP contribution in [0.2, 0.25) is 0 Å². The number of aromatic hydroxyl groups is 1. The van der Waals surface area contributed by atoms with Gasteiger partial charge in [0.25, 0.3) is 0 Å². The first-order valence-electron chi connectivity index (χ1n) is 6.58. The second-order valence-corrected chi connectivity index (χ2v) is 4.67. The first kappa shape index (κ1) is 12.6. The van der Waals surface area contributed by atoms with Gasteiger partial charge in [-0.05, 0) is 29.8 Å². The Balaban J connectivity index is 1.55. The molecule has 3 aromatic rings. The van der Waals surface area contributed by atoms with Gasteiger partial charge in [-0.25, -0.2) is 4.98 Å². The van der Waals surface area contributed by atoms with Crippen molar-refractivity contribution < 1.29 is 5.11 Å². The largest absolute Gasteiger partial charge is 0.508 e. The Morgan fingerprint density at radius 3 is 2.85 bits per heavy atom. The summed E-state index contributed by atoms with van der Waals surface area (Å²) in [4.78, 5) is 11.7. The number of pyridine rings is 1. The Labute approximate surface area is 116 Å². The molecule has 0 aliphatic rings. The molecule has 0 spiro atoms. The number of H-pyrrole nitrogens is 1. The lowest BCUT2D eigenvalue weighted by molar-refractivity contribution is 0.476. The van der Waals surface area contributed by atoms with E-state index in [1.807, 2.05) is 18.2 Å². The van der Waals surface area contributed by atoms with Crippen LogP contribution >= 0.6 is 0 Å². The lowest BCUT2D eigenvalue weighted by atomic mass is 10.2. The molecule has 5 heteroatoms. The fraction of sp³-hybridized carbons (Fsp3) is 0.200. The van der Waals surface area contributed by atoms with Crippen LogP contribution in [0.5, 0.6) is 5.75 Å². The normalized spacial score (nSPS) is 11.0. The molecular formula is C15H16N4O. The third kappa shape index (κ3) is 2.95. The van der Waals surface area contributed by atoms with Crippen LogP contribution in [-0.4, -0.2) is 26.6 Å². The van der Waals surface area contributed by atoms with Crippen molar-refractivity contribution in [1.82, 2.24) is 20.3 Å². The number of aromatic amines is 1. The Morgan fingerprint density at radius 1 is 1.15 bits per heavy atom. The monoisotopic (exact) mass is 268 g/mol. The van der Waals surface area contributed by atoms with Gasteiger partial charge in [0, 0.05) is 38.0 Å². The summed E-state index contributed by atoms with van der Waals surface area (Å²) in [6.45, 7) is 1.66. The average Bonchev–Trinajstić information content (AvgIpc) is 2.86. The molecule has 0 aliphatic carbocycles. The maximum Gasteiger partial charge on any atom is 0.117 e. The molecule has 102 valence electrons. The highest BCUT2D eigenvalue weighted by Gasteiger charge is 2.03. The highest BCUT2D eigenvalue weighted by molar-refractivity contribution is 5.76. The van der Waals surface area contributed by atoms with Gasteiger partial charge >= 0.3 is 0 Å². The summed E-state index contributed by atoms with van der Waals surface area (Å²) in [5, 5.41) is 12.8. The number of nitrogens with zero attached hydrogens (tertiary/aromatic N) is 2. The average molecular weight is 268 g/mol. The van der Waals surface area contributed by atoms with E-state index in [4.69, 9.17) is 0 Å². The Bertz CT molecular complexity index is 693. The molecule has 0 saturated heterocycles. The third-order valence-corrected chi connectivity index (χ3v) is 3.13. The smallest absolute Gasteiger partial charge is 0.117 e. The number of hydrogen-bond acceptors (Lipinski definition) is 4. The van der Waals surface area contributed by atoms with Crippen molar-refractivity contribution in [2.24, 2.45) is 0 Å². The van der Waals surface area contributed by atoms with Gasteiger partial charge in [0.15, 0.2) is 0 Å². The second kappa shape index (κ2) is 5.71. The number of aromatic nitrogens is 3. The molecule has 0 unspecified atom stereocenters. The van der Waals surface area contributed by atoms with E-state index < -0.39 is 0 Å². The molecule has 0 atom stereocenters. The number of fused-ring (bicyclic) bond motifs is 1. The molecule has 0 radical (unpaired) electrons. The summed E-state index contributed by atoms with van der Waals surface area (Å²) >= 11 is 0. The molecule has 3 N–H and O–H groups in total. The van der Waals surface area contributed by atoms with Gasteiger partial charge in [-0.15, -0.1) is 0 Å². The molecule has 20 heavy (non-hydrogen) atoms. The summed E-state index contributed by atoms with van der Waals surface area (Å²) in [5.41, 5.74) is 2.97. The van der Waals surface area contributed by atoms with Crippen molar-refractivity contribution in [3.8, 4) is 5.75 Å². The Kier molecular flexibility index (Phi) is 3.60. The zero-order chi connectivity index (χ0) is 13.8. The van der Waals surface area contributed by atoms with Gasteiger partial charge in [-0.1, -0.05) is 0 Å². The Hall–Kier alpha value is -2.40. The van der Waals surface area contributed by atoms with E-state index in [2.05, 4.69) is 20.3 Å². The zero-order valence-corrected chi connectivity index (χ0v) is 11.0. The van der Waals surface area contributed by atoms with E-state index >= 15 is 0 Å².